The SMILES string of the molecule is COc1cccc(C(=O)NC(=NC2CCCCC2)OC(C)C)c1. The van der Waals surface area contributed by atoms with Gasteiger partial charge in [0.2, 0.25) is 0 Å². The molecule has 23 heavy (non-hydrogen) atoms. The van der Waals surface area contributed by atoms with Crippen molar-refractivity contribution in [3.05, 3.63) is 29.8 Å². The Morgan fingerprint density at radius 3 is 2.65 bits per heavy atom. The lowest BCUT2D eigenvalue weighted by molar-refractivity contribution is 0.0959. The maximum atomic E-state index is 12.4. The topological polar surface area (TPSA) is 59.9 Å². The second-order valence-corrected chi connectivity index (χ2v) is 6.08. The number of amidine groups is 1. The predicted molar refractivity (Wildman–Crippen MR) is 91.0 cm³/mol. The normalized spacial score (nSPS) is 16.3. The highest BCUT2D eigenvalue weighted by molar-refractivity contribution is 6.04. The molecule has 1 aliphatic rings. The summed E-state index contributed by atoms with van der Waals surface area (Å²) in [6.45, 7) is 3.85. The summed E-state index contributed by atoms with van der Waals surface area (Å²) < 4.78 is 10.8. The first-order valence-electron chi connectivity index (χ1n) is 8.28. The third kappa shape index (κ3) is 5.58. The van der Waals surface area contributed by atoms with E-state index < -0.39 is 0 Å². The summed E-state index contributed by atoms with van der Waals surface area (Å²) >= 11 is 0. The molecule has 1 saturated carbocycles. The number of ether oxygens (including phenoxy) is 2. The smallest absolute Gasteiger partial charge is 0.292 e. The molecule has 5 nitrogen and oxygen atoms in total. The molecule has 0 bridgehead atoms. The lowest BCUT2D eigenvalue weighted by atomic mass is 9.96. The van der Waals surface area contributed by atoms with E-state index in [1.807, 2.05) is 13.8 Å². The van der Waals surface area contributed by atoms with Crippen LogP contribution in [0.1, 0.15) is 56.3 Å². The number of nitrogens with one attached hydrogen (secondary N) is 1. The van der Waals surface area contributed by atoms with Gasteiger partial charge in [-0.3, -0.25) is 10.1 Å². The van der Waals surface area contributed by atoms with E-state index in [-0.39, 0.29) is 18.1 Å². The van der Waals surface area contributed by atoms with Crippen LogP contribution in [0.2, 0.25) is 0 Å². The maximum absolute atomic E-state index is 12.4. The monoisotopic (exact) mass is 318 g/mol. The van der Waals surface area contributed by atoms with E-state index in [1.165, 1.54) is 19.3 Å². The van der Waals surface area contributed by atoms with Crippen molar-refractivity contribution in [3.63, 3.8) is 0 Å². The number of aliphatic imine (C=N–C) groups is 1. The van der Waals surface area contributed by atoms with Gasteiger partial charge in [0.1, 0.15) is 5.75 Å². The molecule has 1 fully saturated rings. The standard InChI is InChI=1S/C18H26N2O3/c1-13(2)23-18(19-15-9-5-4-6-10-15)20-17(21)14-8-7-11-16(12-14)22-3/h7-8,11-13,15H,4-6,9-10H2,1-3H3,(H,19,20,21). The van der Waals surface area contributed by atoms with E-state index in [0.717, 1.165) is 12.8 Å². The lowest BCUT2D eigenvalue weighted by Gasteiger charge is -2.20. The van der Waals surface area contributed by atoms with Crippen LogP contribution in [0.15, 0.2) is 29.3 Å². The minimum atomic E-state index is -0.237. The molecular weight excluding hydrogens is 292 g/mol. The Balaban J connectivity index is 2.09. The molecule has 0 aromatic heterocycles. The Hall–Kier alpha value is -2.04. The fourth-order valence-electron chi connectivity index (χ4n) is 2.62. The van der Waals surface area contributed by atoms with Crippen molar-refractivity contribution >= 4 is 11.9 Å². The van der Waals surface area contributed by atoms with Crippen molar-refractivity contribution in [1.82, 2.24) is 5.32 Å². The summed E-state index contributed by atoms with van der Waals surface area (Å²) in [5, 5.41) is 2.80. The average Bonchev–Trinajstić information content (AvgIpc) is 2.55. The Bertz CT molecular complexity index is 549. The molecule has 0 atom stereocenters. The molecule has 1 N–H and O–H groups in total. The Kier molecular flexibility index (Phi) is 6.44. The number of hydrogen-bond acceptors (Lipinski definition) is 4. The molecule has 126 valence electrons. The van der Waals surface area contributed by atoms with Gasteiger partial charge in [-0.2, -0.15) is 0 Å². The molecule has 1 aromatic carbocycles. The summed E-state index contributed by atoms with van der Waals surface area (Å²) in [5.74, 6) is 0.410. The first kappa shape index (κ1) is 17.3. The van der Waals surface area contributed by atoms with Gasteiger partial charge in [-0.25, -0.2) is 4.99 Å². The fraction of sp³-hybridized carbons (Fsp3) is 0.556. The average molecular weight is 318 g/mol. The van der Waals surface area contributed by atoms with Gasteiger partial charge < -0.3 is 9.47 Å². The van der Waals surface area contributed by atoms with Crippen LogP contribution in [-0.2, 0) is 4.74 Å². The highest BCUT2D eigenvalue weighted by Crippen LogP contribution is 2.20. The molecule has 5 heteroatoms. The summed E-state index contributed by atoms with van der Waals surface area (Å²) in [5.41, 5.74) is 0.521. The van der Waals surface area contributed by atoms with Gasteiger partial charge >= 0.3 is 0 Å². The summed E-state index contributed by atoms with van der Waals surface area (Å²) in [7, 11) is 1.58. The zero-order chi connectivity index (χ0) is 16.7. The van der Waals surface area contributed by atoms with E-state index in [0.29, 0.717) is 17.3 Å². The molecule has 1 aromatic rings. The van der Waals surface area contributed by atoms with E-state index in [4.69, 9.17) is 9.47 Å². The van der Waals surface area contributed by atoms with E-state index >= 15 is 0 Å². The minimum Gasteiger partial charge on any atom is -0.497 e. The van der Waals surface area contributed by atoms with Crippen LogP contribution in [0.3, 0.4) is 0 Å². The van der Waals surface area contributed by atoms with Gasteiger partial charge in [-0.05, 0) is 44.9 Å². The van der Waals surface area contributed by atoms with Crippen LogP contribution in [0.4, 0.5) is 0 Å². The quantitative estimate of drug-likeness (QED) is 0.682. The molecule has 0 unspecified atom stereocenters. The highest BCUT2D eigenvalue weighted by Gasteiger charge is 2.17. The second kappa shape index (κ2) is 8.56. The fourth-order valence-corrected chi connectivity index (χ4v) is 2.62. The second-order valence-electron chi connectivity index (χ2n) is 6.08. The summed E-state index contributed by atoms with van der Waals surface area (Å²) in [6, 6.07) is 7.59. The Morgan fingerprint density at radius 2 is 2.00 bits per heavy atom. The van der Waals surface area contributed by atoms with Crippen molar-refractivity contribution in [2.75, 3.05) is 7.11 Å². The van der Waals surface area contributed by atoms with Crippen molar-refractivity contribution < 1.29 is 14.3 Å². The Morgan fingerprint density at radius 1 is 1.26 bits per heavy atom. The van der Waals surface area contributed by atoms with Gasteiger partial charge in [0, 0.05) is 5.56 Å². The number of carbonyl (C=O) groups is 1. The van der Waals surface area contributed by atoms with Crippen LogP contribution in [0.25, 0.3) is 0 Å². The third-order valence-corrected chi connectivity index (χ3v) is 3.77. The number of rotatable bonds is 4. The maximum Gasteiger partial charge on any atom is 0.292 e. The van der Waals surface area contributed by atoms with Gasteiger partial charge in [0.25, 0.3) is 11.9 Å². The summed E-state index contributed by atoms with van der Waals surface area (Å²) in [4.78, 5) is 17.0. The van der Waals surface area contributed by atoms with Gasteiger partial charge in [0.05, 0.1) is 19.3 Å². The molecule has 0 saturated heterocycles. The Labute approximate surface area is 138 Å². The van der Waals surface area contributed by atoms with E-state index in [1.54, 1.807) is 31.4 Å². The van der Waals surface area contributed by atoms with Crippen LogP contribution in [0.5, 0.6) is 5.75 Å². The van der Waals surface area contributed by atoms with Gasteiger partial charge in [-0.1, -0.05) is 25.3 Å². The van der Waals surface area contributed by atoms with Gasteiger partial charge in [-0.15, -0.1) is 0 Å². The number of benzene rings is 1. The predicted octanol–water partition coefficient (Wildman–Crippen LogP) is 3.54. The lowest BCUT2D eigenvalue weighted by Crippen LogP contribution is -2.35. The van der Waals surface area contributed by atoms with Crippen LogP contribution in [0, 0.1) is 0 Å². The molecule has 1 amide bonds. The largest absolute Gasteiger partial charge is 0.497 e. The zero-order valence-electron chi connectivity index (χ0n) is 14.2. The molecule has 0 heterocycles. The van der Waals surface area contributed by atoms with Crippen LogP contribution < -0.4 is 10.1 Å². The van der Waals surface area contributed by atoms with Crippen molar-refractivity contribution in [1.29, 1.82) is 0 Å². The number of amides is 1. The minimum absolute atomic E-state index is 0.0389. The third-order valence-electron chi connectivity index (χ3n) is 3.77. The van der Waals surface area contributed by atoms with Crippen molar-refractivity contribution in [3.8, 4) is 5.75 Å². The highest BCUT2D eigenvalue weighted by atomic mass is 16.5. The number of hydrogen-bond donors (Lipinski definition) is 1. The van der Waals surface area contributed by atoms with Crippen molar-refractivity contribution in [2.45, 2.75) is 58.1 Å². The molecule has 0 radical (unpaired) electrons. The first-order valence-corrected chi connectivity index (χ1v) is 8.28. The van der Waals surface area contributed by atoms with Gasteiger partial charge in [0.15, 0.2) is 0 Å². The molecular formula is C18H26N2O3. The van der Waals surface area contributed by atoms with E-state index in [9.17, 15) is 4.79 Å². The molecule has 0 spiro atoms. The first-order chi connectivity index (χ1) is 11.1. The molecule has 2 rings (SSSR count). The van der Waals surface area contributed by atoms with Crippen molar-refractivity contribution in [2.24, 2.45) is 4.99 Å². The molecule has 1 aliphatic carbocycles. The van der Waals surface area contributed by atoms with Crippen LogP contribution in [-0.4, -0.2) is 31.2 Å². The van der Waals surface area contributed by atoms with Crippen LogP contribution >= 0.6 is 0 Å². The number of carbonyl (C=O) groups excluding carboxylic acids is 1. The zero-order valence-corrected chi connectivity index (χ0v) is 14.2. The van der Waals surface area contributed by atoms with E-state index in [2.05, 4.69) is 10.3 Å². The molecule has 0 aliphatic heterocycles. The number of methoxy groups -OCH3 is 1. The number of nitrogens with zero attached hydrogens (tertiary/aromatic N) is 1. The summed E-state index contributed by atoms with van der Waals surface area (Å²) in [6.07, 6.45) is 5.71.